The lowest BCUT2D eigenvalue weighted by Gasteiger charge is -2.43. The van der Waals surface area contributed by atoms with Crippen LogP contribution >= 0.6 is 11.3 Å². The summed E-state index contributed by atoms with van der Waals surface area (Å²) >= 11 is 1.67. The number of aliphatic hydroxyl groups is 1. The number of benzene rings is 2. The number of hydrogen-bond donors (Lipinski definition) is 3. The van der Waals surface area contributed by atoms with Gasteiger partial charge in [0.2, 0.25) is 0 Å². The molecular formula is C29H30N2OS. The molecule has 5 rings (SSSR count). The van der Waals surface area contributed by atoms with Crippen molar-refractivity contribution in [2.75, 3.05) is 5.32 Å². The summed E-state index contributed by atoms with van der Waals surface area (Å²) in [4.78, 5) is 4.57. The summed E-state index contributed by atoms with van der Waals surface area (Å²) in [7, 11) is 0. The van der Waals surface area contributed by atoms with Crippen molar-refractivity contribution in [1.82, 2.24) is 4.98 Å². The Hall–Kier alpha value is -3.00. The molecule has 0 fully saturated rings. The number of aromatic nitrogens is 1. The van der Waals surface area contributed by atoms with Crippen molar-refractivity contribution in [2.24, 2.45) is 0 Å². The van der Waals surface area contributed by atoms with Gasteiger partial charge in [0.1, 0.15) is 0 Å². The lowest BCUT2D eigenvalue weighted by molar-refractivity contribution is 0.0868. The van der Waals surface area contributed by atoms with Crippen LogP contribution < -0.4 is 5.32 Å². The van der Waals surface area contributed by atoms with Crippen molar-refractivity contribution in [3.63, 3.8) is 0 Å². The highest BCUT2D eigenvalue weighted by atomic mass is 32.1. The molecule has 0 aliphatic carbocycles. The number of aliphatic hydroxyl groups excluding tert-OH is 1. The maximum Gasteiger partial charge on any atom is 0.0831 e. The third-order valence-corrected chi connectivity index (χ3v) is 7.99. The SMILES string of the molecule is Cc1ccsc1C#Cc1c(-c2cccc3c(C)c[nH]c23)cc(C)c2c1C(C)C(O)C(C)(C)N2. The van der Waals surface area contributed by atoms with Gasteiger partial charge in [0.05, 0.1) is 22.0 Å². The van der Waals surface area contributed by atoms with Gasteiger partial charge < -0.3 is 15.4 Å². The maximum absolute atomic E-state index is 11.2. The van der Waals surface area contributed by atoms with E-state index in [0.717, 1.165) is 38.3 Å². The standard InChI is InChI=1S/C29H30N2OS/c1-16-12-13-33-24(16)11-10-21-23(22-9-7-8-20-18(3)15-30-27(20)22)14-17(2)26-25(21)19(4)28(32)29(5,6)31-26/h7-9,12-15,19,28,30-32H,1-6H3. The average Bonchev–Trinajstić information content (AvgIpc) is 3.37. The molecule has 0 saturated heterocycles. The summed E-state index contributed by atoms with van der Waals surface area (Å²) in [5, 5.41) is 18.1. The highest BCUT2D eigenvalue weighted by Crippen LogP contribution is 2.46. The van der Waals surface area contributed by atoms with Gasteiger partial charge in [-0.3, -0.25) is 0 Å². The van der Waals surface area contributed by atoms with Crippen LogP contribution in [0.2, 0.25) is 0 Å². The second-order valence-corrected chi connectivity index (χ2v) is 10.8. The Balaban J connectivity index is 1.84. The molecule has 2 aromatic heterocycles. The number of fused-ring (bicyclic) bond motifs is 2. The number of nitrogens with one attached hydrogen (secondary N) is 2. The molecule has 4 aromatic rings. The summed E-state index contributed by atoms with van der Waals surface area (Å²) < 4.78 is 0. The zero-order valence-corrected chi connectivity index (χ0v) is 20.9. The molecule has 0 spiro atoms. The molecule has 33 heavy (non-hydrogen) atoms. The Labute approximate surface area is 199 Å². The molecule has 2 aromatic carbocycles. The quantitative estimate of drug-likeness (QED) is 0.274. The van der Waals surface area contributed by atoms with Crippen LogP contribution in [0.25, 0.3) is 22.0 Å². The highest BCUT2D eigenvalue weighted by molar-refractivity contribution is 7.10. The van der Waals surface area contributed by atoms with Crippen LogP contribution in [0.3, 0.4) is 0 Å². The fraction of sp³-hybridized carbons (Fsp3) is 0.310. The lowest BCUT2D eigenvalue weighted by atomic mass is 9.75. The van der Waals surface area contributed by atoms with Gasteiger partial charge in [0.25, 0.3) is 0 Å². The van der Waals surface area contributed by atoms with Crippen molar-refractivity contribution in [2.45, 2.75) is 59.1 Å². The second-order valence-electron chi connectivity index (χ2n) is 9.87. The summed E-state index contributed by atoms with van der Waals surface area (Å²) in [6.07, 6.45) is 1.54. The van der Waals surface area contributed by atoms with Crippen LogP contribution in [0.1, 0.15) is 59.4 Å². The molecule has 3 N–H and O–H groups in total. The monoisotopic (exact) mass is 454 g/mol. The van der Waals surface area contributed by atoms with E-state index in [1.165, 1.54) is 22.1 Å². The molecule has 3 heterocycles. The van der Waals surface area contributed by atoms with Crippen LogP contribution in [-0.4, -0.2) is 21.7 Å². The zero-order valence-electron chi connectivity index (χ0n) is 20.1. The van der Waals surface area contributed by atoms with Gasteiger partial charge in [0.15, 0.2) is 0 Å². The van der Waals surface area contributed by atoms with Crippen molar-refractivity contribution in [3.8, 4) is 23.0 Å². The topological polar surface area (TPSA) is 48.0 Å². The molecular weight excluding hydrogens is 424 g/mol. The molecule has 0 bridgehead atoms. The van der Waals surface area contributed by atoms with E-state index in [4.69, 9.17) is 0 Å². The first kappa shape index (κ1) is 21.8. The van der Waals surface area contributed by atoms with E-state index in [-0.39, 0.29) is 5.92 Å². The molecule has 0 radical (unpaired) electrons. The van der Waals surface area contributed by atoms with Gasteiger partial charge in [-0.2, -0.15) is 0 Å². The molecule has 0 saturated carbocycles. The highest BCUT2D eigenvalue weighted by Gasteiger charge is 2.40. The molecule has 168 valence electrons. The predicted octanol–water partition coefficient (Wildman–Crippen LogP) is 6.89. The van der Waals surface area contributed by atoms with Crippen molar-refractivity contribution in [1.29, 1.82) is 0 Å². The number of thiophene rings is 1. The molecule has 0 amide bonds. The van der Waals surface area contributed by atoms with Gasteiger partial charge in [-0.05, 0) is 74.4 Å². The molecule has 1 aliphatic heterocycles. The van der Waals surface area contributed by atoms with E-state index in [9.17, 15) is 5.11 Å². The fourth-order valence-electron chi connectivity index (χ4n) is 5.13. The van der Waals surface area contributed by atoms with Crippen LogP contribution in [0.5, 0.6) is 0 Å². The first-order valence-electron chi connectivity index (χ1n) is 11.5. The Morgan fingerprint density at radius 3 is 2.52 bits per heavy atom. The van der Waals surface area contributed by atoms with E-state index in [1.807, 2.05) is 0 Å². The Bertz CT molecular complexity index is 1440. The summed E-state index contributed by atoms with van der Waals surface area (Å²) in [6, 6.07) is 10.8. The van der Waals surface area contributed by atoms with Crippen LogP contribution in [-0.2, 0) is 0 Å². The summed E-state index contributed by atoms with van der Waals surface area (Å²) in [5.41, 5.74) is 9.78. The van der Waals surface area contributed by atoms with E-state index >= 15 is 0 Å². The average molecular weight is 455 g/mol. The molecule has 1 aliphatic rings. The fourth-order valence-corrected chi connectivity index (χ4v) is 5.90. The smallest absolute Gasteiger partial charge is 0.0831 e. The van der Waals surface area contributed by atoms with Gasteiger partial charge in [0, 0.05) is 39.9 Å². The minimum Gasteiger partial charge on any atom is -0.390 e. The van der Waals surface area contributed by atoms with Crippen molar-refractivity contribution >= 4 is 27.9 Å². The van der Waals surface area contributed by atoms with Gasteiger partial charge in [-0.25, -0.2) is 0 Å². The molecule has 3 nitrogen and oxygen atoms in total. The number of aromatic amines is 1. The normalized spacial score (nSPS) is 19.0. The van der Waals surface area contributed by atoms with Gasteiger partial charge in [-0.1, -0.05) is 37.0 Å². The lowest BCUT2D eigenvalue weighted by Crippen LogP contribution is -2.50. The zero-order chi connectivity index (χ0) is 23.5. The Kier molecular flexibility index (Phi) is 5.16. The largest absolute Gasteiger partial charge is 0.390 e. The minimum atomic E-state index is -0.521. The van der Waals surface area contributed by atoms with E-state index in [0.29, 0.717) is 0 Å². The molecule has 4 heteroatoms. The predicted molar refractivity (Wildman–Crippen MR) is 140 cm³/mol. The number of para-hydroxylation sites is 1. The Morgan fingerprint density at radius 2 is 1.79 bits per heavy atom. The minimum absolute atomic E-state index is 0.0480. The number of anilines is 1. The second kappa shape index (κ2) is 7.80. The number of rotatable bonds is 1. The Morgan fingerprint density at radius 1 is 1.00 bits per heavy atom. The third kappa shape index (κ3) is 3.47. The van der Waals surface area contributed by atoms with Gasteiger partial charge in [-0.15, -0.1) is 11.3 Å². The molecule has 2 unspecified atom stereocenters. The molecule has 2 atom stereocenters. The van der Waals surface area contributed by atoms with Gasteiger partial charge >= 0.3 is 0 Å². The van der Waals surface area contributed by atoms with E-state index in [1.54, 1.807) is 11.3 Å². The van der Waals surface area contributed by atoms with Crippen molar-refractivity contribution < 1.29 is 5.11 Å². The van der Waals surface area contributed by atoms with Crippen LogP contribution in [0.4, 0.5) is 5.69 Å². The number of H-pyrrole nitrogens is 1. The summed E-state index contributed by atoms with van der Waals surface area (Å²) in [6.45, 7) is 12.6. The first-order chi connectivity index (χ1) is 15.7. The maximum atomic E-state index is 11.2. The third-order valence-electron chi connectivity index (χ3n) is 7.05. The number of aryl methyl sites for hydroxylation is 3. The van der Waals surface area contributed by atoms with Crippen LogP contribution in [0.15, 0.2) is 41.9 Å². The van der Waals surface area contributed by atoms with Crippen LogP contribution in [0, 0.1) is 32.6 Å². The van der Waals surface area contributed by atoms with Crippen molar-refractivity contribution in [3.05, 3.63) is 74.6 Å². The van der Waals surface area contributed by atoms with E-state index in [2.05, 4.69) is 106 Å². The number of hydrogen-bond acceptors (Lipinski definition) is 3. The summed E-state index contributed by atoms with van der Waals surface area (Å²) in [5.74, 6) is 6.95. The van der Waals surface area contributed by atoms with E-state index < -0.39 is 11.6 Å². The first-order valence-corrected chi connectivity index (χ1v) is 12.3.